The van der Waals surface area contributed by atoms with Gasteiger partial charge in [-0.1, -0.05) is 6.07 Å². The maximum Gasteiger partial charge on any atom is 0.245 e. The fourth-order valence-electron chi connectivity index (χ4n) is 5.14. The van der Waals surface area contributed by atoms with E-state index in [1.54, 1.807) is 24.7 Å². The van der Waals surface area contributed by atoms with Gasteiger partial charge in [0.25, 0.3) is 0 Å². The van der Waals surface area contributed by atoms with Crippen LogP contribution in [0.1, 0.15) is 40.5 Å². The van der Waals surface area contributed by atoms with Gasteiger partial charge in [0.05, 0.1) is 18.1 Å². The highest BCUT2D eigenvalue weighted by atomic mass is 35.5. The first-order chi connectivity index (χ1) is 16.1. The molecule has 0 bridgehead atoms. The molecule has 1 aliphatic heterocycles. The van der Waals surface area contributed by atoms with Crippen LogP contribution in [0, 0.1) is 0 Å². The number of benzene rings is 1. The van der Waals surface area contributed by atoms with Crippen LogP contribution in [-0.4, -0.2) is 58.8 Å². The summed E-state index contributed by atoms with van der Waals surface area (Å²) in [6.07, 6.45) is 10.8. The number of hydrogen-bond acceptors (Lipinski definition) is 8. The van der Waals surface area contributed by atoms with Crippen molar-refractivity contribution >= 4 is 24.0 Å². The smallest absolute Gasteiger partial charge is 0.245 e. The molecule has 1 saturated heterocycles. The second-order valence-electron chi connectivity index (χ2n) is 10.4. The fraction of sp³-hybridized carbons (Fsp3) is 0.400. The molecular formula is C25H31ClN8O. The molecule has 10 heteroatoms. The second-order valence-corrected chi connectivity index (χ2v) is 10.4. The average Bonchev–Trinajstić information content (AvgIpc) is 3.24. The summed E-state index contributed by atoms with van der Waals surface area (Å²) in [6, 6.07) is 5.70. The summed E-state index contributed by atoms with van der Waals surface area (Å²) in [5, 5.41) is 23.2. The van der Waals surface area contributed by atoms with E-state index < -0.39 is 0 Å². The van der Waals surface area contributed by atoms with Crippen LogP contribution in [0.4, 0.5) is 5.95 Å². The Bertz CT molecular complexity index is 1320. The van der Waals surface area contributed by atoms with Crippen LogP contribution in [0.3, 0.4) is 0 Å². The Kier molecular flexibility index (Phi) is 6.42. The lowest BCUT2D eigenvalue weighted by Crippen LogP contribution is -2.62. The van der Waals surface area contributed by atoms with E-state index in [9.17, 15) is 5.11 Å². The number of fused-ring (bicyclic) bond motifs is 1. The van der Waals surface area contributed by atoms with Crippen LogP contribution in [0.25, 0.3) is 28.2 Å². The standard InChI is InChI=1S/C25H30N8O.ClH/c1-24(2)11-17(12-25(3,4)31-24)32(5)23-28-13-19(29-30-23)18-7-6-16(10-21(18)34)20-15-33-9-8-26-22(33)14-27-20;/h6-10,13-15,17,31,34H,11-12H2,1-5H3;1H. The van der Waals surface area contributed by atoms with E-state index >= 15 is 0 Å². The Morgan fingerprint density at radius 3 is 2.40 bits per heavy atom. The van der Waals surface area contributed by atoms with Crippen LogP contribution in [-0.2, 0) is 0 Å². The first-order valence-electron chi connectivity index (χ1n) is 11.4. The van der Waals surface area contributed by atoms with Crippen LogP contribution >= 0.6 is 12.4 Å². The lowest BCUT2D eigenvalue weighted by molar-refractivity contribution is 0.160. The predicted molar refractivity (Wildman–Crippen MR) is 139 cm³/mol. The Labute approximate surface area is 211 Å². The third kappa shape index (κ3) is 5.06. The van der Waals surface area contributed by atoms with E-state index in [0.717, 1.165) is 29.7 Å². The number of phenols is 1. The molecule has 3 aromatic heterocycles. The molecule has 1 fully saturated rings. The van der Waals surface area contributed by atoms with Crippen molar-refractivity contribution in [2.24, 2.45) is 0 Å². The quantitative estimate of drug-likeness (QED) is 0.436. The largest absolute Gasteiger partial charge is 0.507 e. The minimum atomic E-state index is 0. The number of nitrogens with one attached hydrogen (secondary N) is 1. The van der Waals surface area contributed by atoms with E-state index in [4.69, 9.17) is 0 Å². The van der Waals surface area contributed by atoms with Gasteiger partial charge < -0.3 is 19.7 Å². The SMILES string of the molecule is CN(c1ncc(-c2ccc(-c3cn4ccnc4cn3)cc2O)nn1)C1CC(C)(C)NC(C)(C)C1.Cl. The maximum absolute atomic E-state index is 10.7. The highest BCUT2D eigenvalue weighted by Gasteiger charge is 2.39. The molecular weight excluding hydrogens is 464 g/mol. The van der Waals surface area contributed by atoms with Crippen molar-refractivity contribution in [2.45, 2.75) is 57.7 Å². The molecule has 0 aliphatic carbocycles. The molecule has 2 N–H and O–H groups in total. The number of piperidine rings is 1. The molecule has 0 radical (unpaired) electrons. The van der Waals surface area contributed by atoms with Crippen molar-refractivity contribution < 1.29 is 5.11 Å². The summed E-state index contributed by atoms with van der Waals surface area (Å²) in [5.41, 5.74) is 3.45. The third-order valence-electron chi connectivity index (χ3n) is 6.43. The number of anilines is 1. The number of nitrogens with zero attached hydrogens (tertiary/aromatic N) is 7. The molecule has 35 heavy (non-hydrogen) atoms. The number of hydrogen-bond donors (Lipinski definition) is 2. The van der Waals surface area contributed by atoms with Crippen LogP contribution in [0.2, 0.25) is 0 Å². The normalized spacial score (nSPS) is 17.2. The van der Waals surface area contributed by atoms with Crippen molar-refractivity contribution in [1.82, 2.24) is 34.9 Å². The average molecular weight is 495 g/mol. The number of aromatic nitrogens is 6. The molecule has 0 unspecified atom stereocenters. The monoisotopic (exact) mass is 494 g/mol. The van der Waals surface area contributed by atoms with Gasteiger partial charge in [-0.25, -0.2) is 9.97 Å². The van der Waals surface area contributed by atoms with Gasteiger partial charge in [0, 0.05) is 53.9 Å². The van der Waals surface area contributed by atoms with Gasteiger partial charge in [0.15, 0.2) is 5.65 Å². The number of phenolic OH excluding ortho intramolecular Hbond substituents is 1. The van der Waals surface area contributed by atoms with Gasteiger partial charge in [-0.2, -0.15) is 0 Å². The molecule has 184 valence electrons. The Hall–Kier alpha value is -3.30. The van der Waals surface area contributed by atoms with Crippen molar-refractivity contribution in [3.05, 3.63) is 49.2 Å². The summed E-state index contributed by atoms with van der Waals surface area (Å²) < 4.78 is 1.89. The summed E-state index contributed by atoms with van der Waals surface area (Å²) in [7, 11) is 2.02. The van der Waals surface area contributed by atoms with Crippen molar-refractivity contribution in [1.29, 1.82) is 0 Å². The molecule has 4 aromatic rings. The predicted octanol–water partition coefficient (Wildman–Crippen LogP) is 4.12. The lowest BCUT2D eigenvalue weighted by atomic mass is 9.79. The zero-order valence-corrected chi connectivity index (χ0v) is 21.4. The molecule has 0 atom stereocenters. The van der Waals surface area contributed by atoms with E-state index in [-0.39, 0.29) is 29.2 Å². The van der Waals surface area contributed by atoms with Gasteiger partial charge in [0.2, 0.25) is 5.95 Å². The van der Waals surface area contributed by atoms with Crippen molar-refractivity contribution in [3.8, 4) is 28.3 Å². The topological polar surface area (TPSA) is 104 Å². The van der Waals surface area contributed by atoms with E-state index in [0.29, 0.717) is 23.2 Å². The minimum Gasteiger partial charge on any atom is -0.507 e. The Balaban J connectivity index is 0.00000289. The Morgan fingerprint density at radius 1 is 1.00 bits per heavy atom. The molecule has 0 saturated carbocycles. The number of imidazole rings is 1. The second kappa shape index (κ2) is 9.05. The van der Waals surface area contributed by atoms with Gasteiger partial charge in [-0.15, -0.1) is 22.6 Å². The van der Waals surface area contributed by atoms with Gasteiger partial charge >= 0.3 is 0 Å². The van der Waals surface area contributed by atoms with Crippen LogP contribution in [0.5, 0.6) is 5.75 Å². The van der Waals surface area contributed by atoms with Gasteiger partial charge in [-0.05, 0) is 52.7 Å². The molecule has 9 nitrogen and oxygen atoms in total. The number of halogens is 1. The molecule has 5 rings (SSSR count). The molecule has 1 aromatic carbocycles. The zero-order valence-electron chi connectivity index (χ0n) is 20.6. The highest BCUT2D eigenvalue weighted by Crippen LogP contribution is 2.34. The lowest BCUT2D eigenvalue weighted by Gasteiger charge is -2.48. The maximum atomic E-state index is 10.7. The summed E-state index contributed by atoms with van der Waals surface area (Å²) >= 11 is 0. The van der Waals surface area contributed by atoms with Gasteiger partial charge in [0.1, 0.15) is 11.4 Å². The zero-order chi connectivity index (χ0) is 24.1. The first-order valence-corrected chi connectivity index (χ1v) is 11.4. The van der Waals surface area contributed by atoms with Crippen molar-refractivity contribution in [3.63, 3.8) is 0 Å². The highest BCUT2D eigenvalue weighted by molar-refractivity contribution is 5.85. The van der Waals surface area contributed by atoms with Crippen molar-refractivity contribution in [2.75, 3.05) is 11.9 Å². The number of rotatable bonds is 4. The fourth-order valence-corrected chi connectivity index (χ4v) is 5.14. The number of aromatic hydroxyl groups is 1. The Morgan fingerprint density at radius 2 is 1.74 bits per heavy atom. The van der Waals surface area contributed by atoms with Crippen LogP contribution in [0.15, 0.2) is 49.2 Å². The van der Waals surface area contributed by atoms with E-state index in [2.05, 4.69) is 63.1 Å². The van der Waals surface area contributed by atoms with Crippen LogP contribution < -0.4 is 10.2 Å². The summed E-state index contributed by atoms with van der Waals surface area (Å²) in [5.74, 6) is 0.681. The minimum absolute atomic E-state index is 0. The first kappa shape index (κ1) is 24.8. The molecule has 4 heterocycles. The van der Waals surface area contributed by atoms with Gasteiger partial charge in [-0.3, -0.25) is 4.98 Å². The summed E-state index contributed by atoms with van der Waals surface area (Å²) in [4.78, 5) is 15.3. The van der Waals surface area contributed by atoms with E-state index in [1.807, 2.05) is 36.0 Å². The molecule has 0 amide bonds. The molecule has 0 spiro atoms. The third-order valence-corrected chi connectivity index (χ3v) is 6.43. The molecule has 1 aliphatic rings. The van der Waals surface area contributed by atoms with E-state index in [1.165, 1.54) is 0 Å². The summed E-state index contributed by atoms with van der Waals surface area (Å²) in [6.45, 7) is 8.91.